The fourth-order valence-corrected chi connectivity index (χ4v) is 2.06. The van der Waals surface area contributed by atoms with Gasteiger partial charge in [0.1, 0.15) is 0 Å². The quantitative estimate of drug-likeness (QED) is 0.521. The smallest absolute Gasteiger partial charge is 0.330 e. The molecule has 0 unspecified atom stereocenters. The van der Waals surface area contributed by atoms with Gasteiger partial charge in [-0.15, -0.1) is 0 Å². The van der Waals surface area contributed by atoms with Crippen molar-refractivity contribution >= 4 is 5.97 Å². The highest BCUT2D eigenvalue weighted by Gasteiger charge is 2.17. The minimum absolute atomic E-state index is 0.248. The molecule has 98 valence electrons. The first kappa shape index (κ1) is 14.2. The normalized spacial score (nSPS) is 18.7. The third-order valence-electron chi connectivity index (χ3n) is 3.01. The van der Waals surface area contributed by atoms with Crippen LogP contribution in [0.4, 0.5) is 0 Å². The Morgan fingerprint density at radius 3 is 2.71 bits per heavy atom. The molecule has 0 saturated carbocycles. The predicted molar refractivity (Wildman–Crippen MR) is 66.8 cm³/mol. The van der Waals surface area contributed by atoms with Crippen LogP contribution in [0.15, 0.2) is 12.2 Å². The summed E-state index contributed by atoms with van der Waals surface area (Å²) in [5, 5.41) is 0. The third kappa shape index (κ3) is 5.84. The number of carbonyl (C=O) groups excluding carboxylic acids is 1. The van der Waals surface area contributed by atoms with Gasteiger partial charge >= 0.3 is 5.97 Å². The summed E-state index contributed by atoms with van der Waals surface area (Å²) in [6.45, 7) is 6.12. The first-order valence-corrected chi connectivity index (χ1v) is 6.30. The largest absolute Gasteiger partial charge is 0.463 e. The number of methoxy groups -OCH3 is 1. The van der Waals surface area contributed by atoms with Crippen LogP contribution in [-0.2, 0) is 14.3 Å². The van der Waals surface area contributed by atoms with Crippen LogP contribution in [0.25, 0.3) is 0 Å². The molecule has 1 aliphatic heterocycles. The van der Waals surface area contributed by atoms with Gasteiger partial charge < -0.3 is 9.47 Å². The zero-order valence-electron chi connectivity index (χ0n) is 10.9. The van der Waals surface area contributed by atoms with Crippen molar-refractivity contribution < 1.29 is 14.3 Å². The zero-order chi connectivity index (χ0) is 12.5. The maximum absolute atomic E-state index is 11.1. The molecule has 1 heterocycles. The van der Waals surface area contributed by atoms with Gasteiger partial charge in [-0.2, -0.15) is 0 Å². The molecule has 0 spiro atoms. The van der Waals surface area contributed by atoms with E-state index in [-0.39, 0.29) is 5.97 Å². The molecule has 17 heavy (non-hydrogen) atoms. The van der Waals surface area contributed by atoms with Crippen molar-refractivity contribution in [3.8, 4) is 0 Å². The molecule has 0 amide bonds. The van der Waals surface area contributed by atoms with Crippen molar-refractivity contribution in [1.29, 1.82) is 0 Å². The van der Waals surface area contributed by atoms with E-state index < -0.39 is 0 Å². The van der Waals surface area contributed by atoms with E-state index in [0.717, 1.165) is 26.2 Å². The highest BCUT2D eigenvalue weighted by molar-refractivity contribution is 5.81. The van der Waals surface area contributed by atoms with E-state index in [4.69, 9.17) is 9.47 Å². The second-order valence-corrected chi connectivity index (χ2v) is 4.35. The Hall–Kier alpha value is -0.870. The second kappa shape index (κ2) is 8.25. The van der Waals surface area contributed by atoms with Crippen molar-refractivity contribution in [1.82, 2.24) is 4.90 Å². The molecule has 0 bridgehead atoms. The fourth-order valence-electron chi connectivity index (χ4n) is 2.06. The van der Waals surface area contributed by atoms with Gasteiger partial charge in [-0.3, -0.25) is 4.90 Å². The Morgan fingerprint density at radius 1 is 1.41 bits per heavy atom. The third-order valence-corrected chi connectivity index (χ3v) is 3.01. The number of likely N-dealkylation sites (tertiary alicyclic amines) is 1. The molecule has 0 aromatic rings. The van der Waals surface area contributed by atoms with Crippen LogP contribution >= 0.6 is 0 Å². The fraction of sp³-hybridized carbons (Fsp3) is 0.769. The maximum Gasteiger partial charge on any atom is 0.330 e. The summed E-state index contributed by atoms with van der Waals surface area (Å²) in [7, 11) is 1.76. The number of esters is 1. The predicted octanol–water partition coefficient (Wildman–Crippen LogP) is 1.46. The van der Waals surface area contributed by atoms with Crippen molar-refractivity contribution in [2.24, 2.45) is 5.92 Å². The van der Waals surface area contributed by atoms with E-state index in [1.165, 1.54) is 18.9 Å². The highest BCUT2D eigenvalue weighted by Crippen LogP contribution is 2.16. The first-order valence-electron chi connectivity index (χ1n) is 6.30. The molecule has 1 saturated heterocycles. The molecule has 1 aliphatic rings. The Morgan fingerprint density at radius 2 is 2.12 bits per heavy atom. The number of hydrogen-bond acceptors (Lipinski definition) is 4. The van der Waals surface area contributed by atoms with Crippen molar-refractivity contribution in [3.63, 3.8) is 0 Å². The van der Waals surface area contributed by atoms with E-state index in [2.05, 4.69) is 4.90 Å². The van der Waals surface area contributed by atoms with Crippen LogP contribution < -0.4 is 0 Å². The van der Waals surface area contributed by atoms with Crippen LogP contribution in [0, 0.1) is 5.92 Å². The average molecular weight is 241 g/mol. The number of carbonyl (C=O) groups is 1. The number of rotatable bonds is 6. The lowest BCUT2D eigenvalue weighted by molar-refractivity contribution is -0.137. The zero-order valence-corrected chi connectivity index (χ0v) is 10.9. The standard InChI is InChI=1S/C13H23NO3/c1-3-17-13(15)5-4-8-14-9-6-12(7-10-14)11-16-2/h4-5,12H,3,6-11H2,1-2H3/b5-4+. The van der Waals surface area contributed by atoms with Crippen LogP contribution in [0.2, 0.25) is 0 Å². The first-order chi connectivity index (χ1) is 8.26. The van der Waals surface area contributed by atoms with Gasteiger partial charge in [-0.1, -0.05) is 6.08 Å². The van der Waals surface area contributed by atoms with Crippen molar-refractivity contribution in [2.75, 3.05) is 40.0 Å². The van der Waals surface area contributed by atoms with Crippen LogP contribution in [0.1, 0.15) is 19.8 Å². The SMILES string of the molecule is CCOC(=O)/C=C/CN1CCC(COC)CC1. The summed E-state index contributed by atoms with van der Waals surface area (Å²) in [5.74, 6) is 0.451. The molecular weight excluding hydrogens is 218 g/mol. The summed E-state index contributed by atoms with van der Waals surface area (Å²) in [6, 6.07) is 0. The lowest BCUT2D eigenvalue weighted by Gasteiger charge is -2.30. The molecule has 0 N–H and O–H groups in total. The number of piperidine rings is 1. The Balaban J connectivity index is 2.15. The second-order valence-electron chi connectivity index (χ2n) is 4.35. The molecule has 4 nitrogen and oxygen atoms in total. The molecule has 4 heteroatoms. The summed E-state index contributed by atoms with van der Waals surface area (Å²) in [6.07, 6.45) is 5.77. The lowest BCUT2D eigenvalue weighted by Crippen LogP contribution is -2.35. The summed E-state index contributed by atoms with van der Waals surface area (Å²) >= 11 is 0. The summed E-state index contributed by atoms with van der Waals surface area (Å²) in [4.78, 5) is 13.4. The molecular formula is C13H23NO3. The average Bonchev–Trinajstić information content (AvgIpc) is 2.32. The van der Waals surface area contributed by atoms with E-state index in [9.17, 15) is 4.79 Å². The van der Waals surface area contributed by atoms with Crippen LogP contribution in [-0.4, -0.2) is 50.8 Å². The monoisotopic (exact) mass is 241 g/mol. The molecule has 0 aliphatic carbocycles. The molecule has 0 aromatic carbocycles. The van der Waals surface area contributed by atoms with Gasteiger partial charge in [-0.05, 0) is 38.8 Å². The molecule has 1 fully saturated rings. The number of nitrogens with zero attached hydrogens (tertiary/aromatic N) is 1. The van der Waals surface area contributed by atoms with Gasteiger partial charge in [0.05, 0.1) is 6.61 Å². The number of ether oxygens (including phenoxy) is 2. The summed E-state index contributed by atoms with van der Waals surface area (Å²) in [5.41, 5.74) is 0. The minimum Gasteiger partial charge on any atom is -0.463 e. The molecule has 0 aromatic heterocycles. The minimum atomic E-state index is -0.248. The van der Waals surface area contributed by atoms with E-state index >= 15 is 0 Å². The van der Waals surface area contributed by atoms with Gasteiger partial charge in [-0.25, -0.2) is 4.79 Å². The highest BCUT2D eigenvalue weighted by atomic mass is 16.5. The van der Waals surface area contributed by atoms with E-state index in [1.54, 1.807) is 7.11 Å². The van der Waals surface area contributed by atoms with E-state index in [0.29, 0.717) is 12.5 Å². The van der Waals surface area contributed by atoms with Crippen molar-refractivity contribution in [2.45, 2.75) is 19.8 Å². The number of hydrogen-bond donors (Lipinski definition) is 0. The maximum atomic E-state index is 11.1. The van der Waals surface area contributed by atoms with Gasteiger partial charge in [0.15, 0.2) is 0 Å². The van der Waals surface area contributed by atoms with Crippen molar-refractivity contribution in [3.05, 3.63) is 12.2 Å². The summed E-state index contributed by atoms with van der Waals surface area (Å²) < 4.78 is 9.98. The molecule has 1 rings (SSSR count). The lowest BCUT2D eigenvalue weighted by atomic mass is 9.98. The molecule has 0 radical (unpaired) electrons. The Bertz CT molecular complexity index is 245. The van der Waals surface area contributed by atoms with Crippen LogP contribution in [0.5, 0.6) is 0 Å². The molecule has 0 atom stereocenters. The van der Waals surface area contributed by atoms with E-state index in [1.807, 2.05) is 13.0 Å². The van der Waals surface area contributed by atoms with Gasteiger partial charge in [0.2, 0.25) is 0 Å². The van der Waals surface area contributed by atoms with Gasteiger partial charge in [0.25, 0.3) is 0 Å². The topological polar surface area (TPSA) is 38.8 Å². The Kier molecular flexibility index (Phi) is 6.89. The van der Waals surface area contributed by atoms with Gasteiger partial charge in [0, 0.05) is 26.3 Å². The van der Waals surface area contributed by atoms with Crippen LogP contribution in [0.3, 0.4) is 0 Å². The Labute approximate surface area is 104 Å².